The number of alkyl halides is 3. The smallest absolute Gasteiger partial charge is 0.472 e. The average molecular weight is 885 g/mol. The Morgan fingerprint density at radius 3 is 2.49 bits per heavy atom. The summed E-state index contributed by atoms with van der Waals surface area (Å²) in [6.45, 7) is 3.20. The van der Waals surface area contributed by atoms with Crippen molar-refractivity contribution in [3.8, 4) is 11.6 Å². The lowest BCUT2D eigenvalue weighted by molar-refractivity contribution is -0.274. The second-order valence-corrected chi connectivity index (χ2v) is 20.3. The first-order chi connectivity index (χ1) is 28.8. The lowest BCUT2D eigenvalue weighted by Gasteiger charge is -2.29. The summed E-state index contributed by atoms with van der Waals surface area (Å²) >= 11 is 1.26. The van der Waals surface area contributed by atoms with Crippen LogP contribution in [0.1, 0.15) is 85.7 Å². The molecule has 4 aromatic rings. The highest BCUT2D eigenvalue weighted by atomic mass is 32.2. The van der Waals surface area contributed by atoms with Gasteiger partial charge in [-0.05, 0) is 100 Å². The molecule has 2 aromatic heterocycles. The third-order valence-electron chi connectivity index (χ3n) is 12.3. The number of hydrogen-bond acceptors (Lipinski definition) is 10. The van der Waals surface area contributed by atoms with Crippen LogP contribution in [-0.4, -0.2) is 77.6 Å². The summed E-state index contributed by atoms with van der Waals surface area (Å²) in [4.78, 5) is 64.0. The molecule has 4 heterocycles. The maximum atomic E-state index is 14.8. The number of aryl methyl sites for hydroxylation is 1. The number of nitrogens with one attached hydrogen (secondary N) is 2. The third-order valence-corrected chi connectivity index (χ3v) is 15.5. The summed E-state index contributed by atoms with van der Waals surface area (Å²) in [7, 11) is -4.04. The van der Waals surface area contributed by atoms with Gasteiger partial charge in [-0.15, -0.1) is 24.5 Å². The van der Waals surface area contributed by atoms with E-state index >= 15 is 0 Å². The van der Waals surface area contributed by atoms with Gasteiger partial charge in [0.1, 0.15) is 23.7 Å². The molecule has 8 rings (SSSR count). The largest absolute Gasteiger partial charge is 0.573 e. The fraction of sp³-hybridized carbons (Fsp3) is 0.465. The predicted octanol–water partition coefficient (Wildman–Crippen LogP) is 7.43. The van der Waals surface area contributed by atoms with Gasteiger partial charge in [-0.3, -0.25) is 23.9 Å². The van der Waals surface area contributed by atoms with E-state index in [1.165, 1.54) is 40.5 Å². The van der Waals surface area contributed by atoms with Crippen molar-refractivity contribution in [2.45, 2.75) is 107 Å². The number of ketones is 1. The van der Waals surface area contributed by atoms with E-state index in [9.17, 15) is 45.2 Å². The number of thiophene rings is 1. The molecule has 1 saturated heterocycles. The topological polar surface area (TPSA) is 161 Å². The van der Waals surface area contributed by atoms with Crippen molar-refractivity contribution in [1.82, 2.24) is 19.9 Å². The molecule has 4 aliphatic rings. The molecule has 2 aliphatic heterocycles. The fourth-order valence-electron chi connectivity index (χ4n) is 8.45. The van der Waals surface area contributed by atoms with E-state index in [2.05, 4.69) is 19.8 Å². The van der Waals surface area contributed by atoms with E-state index < -0.39 is 92.1 Å². The minimum absolute atomic E-state index is 0.0400. The van der Waals surface area contributed by atoms with Crippen molar-refractivity contribution < 1.29 is 54.6 Å². The second-order valence-electron chi connectivity index (χ2n) is 16.8. The monoisotopic (exact) mass is 884 g/mol. The molecule has 2 aliphatic carbocycles. The summed E-state index contributed by atoms with van der Waals surface area (Å²) in [6.07, 6.45) is 1.23. The van der Waals surface area contributed by atoms with Gasteiger partial charge in [0, 0.05) is 34.6 Å². The number of halogens is 4. The number of allylic oxidation sites excluding steroid dienone is 2. The number of nitrogens with zero attached hydrogens (tertiary/aromatic N) is 2. The number of rotatable bonds is 8. The molecule has 0 radical (unpaired) electrons. The zero-order valence-electron chi connectivity index (χ0n) is 33.3. The van der Waals surface area contributed by atoms with Crippen LogP contribution in [0.15, 0.2) is 60.7 Å². The molecule has 0 spiro atoms. The van der Waals surface area contributed by atoms with Gasteiger partial charge < -0.3 is 19.7 Å². The fourth-order valence-corrected chi connectivity index (χ4v) is 10.6. The molecule has 0 unspecified atom stereocenters. The maximum Gasteiger partial charge on any atom is 0.573 e. The van der Waals surface area contributed by atoms with Gasteiger partial charge in [0.2, 0.25) is 27.7 Å². The highest BCUT2D eigenvalue weighted by Crippen LogP contribution is 2.57. The van der Waals surface area contributed by atoms with Crippen LogP contribution in [0, 0.1) is 24.1 Å². The van der Waals surface area contributed by atoms with Gasteiger partial charge in [-0.25, -0.2) is 17.8 Å². The van der Waals surface area contributed by atoms with Gasteiger partial charge in [-0.1, -0.05) is 31.1 Å². The Morgan fingerprint density at radius 1 is 1.00 bits per heavy atom. The van der Waals surface area contributed by atoms with Crippen LogP contribution in [0.5, 0.6) is 11.6 Å². The van der Waals surface area contributed by atoms with Gasteiger partial charge >= 0.3 is 6.36 Å². The maximum absolute atomic E-state index is 14.8. The Hall–Kier alpha value is -5.10. The normalized spacial score (nSPS) is 26.1. The Morgan fingerprint density at radius 2 is 1.77 bits per heavy atom. The number of carbonyl (C=O) groups excluding carboxylic acids is 4. The van der Waals surface area contributed by atoms with Crippen LogP contribution in [0.25, 0.3) is 21.7 Å². The van der Waals surface area contributed by atoms with Gasteiger partial charge in [0.15, 0.2) is 5.78 Å². The van der Waals surface area contributed by atoms with Gasteiger partial charge in [-0.2, -0.15) is 0 Å². The van der Waals surface area contributed by atoms with Crippen LogP contribution in [0.4, 0.5) is 17.6 Å². The minimum Gasteiger partial charge on any atom is -0.472 e. The lowest BCUT2D eigenvalue weighted by atomic mass is 9.91. The molecule has 2 aromatic carbocycles. The number of sulfonamides is 1. The zero-order chi connectivity index (χ0) is 43.5. The van der Waals surface area contributed by atoms with E-state index in [0.29, 0.717) is 47.8 Å². The number of benzene rings is 2. The van der Waals surface area contributed by atoms with Crippen LogP contribution < -0.4 is 19.5 Å². The molecule has 3 amide bonds. The number of hydrogen-bond donors (Lipinski definition) is 2. The number of pyridine rings is 1. The van der Waals surface area contributed by atoms with E-state index in [0.717, 1.165) is 23.4 Å². The molecule has 2 N–H and O–H groups in total. The second kappa shape index (κ2) is 16.0. The molecule has 3 fully saturated rings. The number of fused-ring (bicyclic) bond motifs is 5. The molecule has 324 valence electrons. The molecule has 0 bridgehead atoms. The molecular formula is C43H44F4N4O8S2. The summed E-state index contributed by atoms with van der Waals surface area (Å²) in [6, 6.07) is 8.53. The highest BCUT2D eigenvalue weighted by Gasteiger charge is 2.62. The summed E-state index contributed by atoms with van der Waals surface area (Å²) in [5.41, 5.74) is -1.35. The number of amides is 3. The first-order valence-electron chi connectivity index (χ1n) is 20.2. The molecule has 5 atom stereocenters. The molecule has 2 saturated carbocycles. The summed E-state index contributed by atoms with van der Waals surface area (Å²) in [5.74, 6) is -4.12. The Balaban J connectivity index is 1.14. The SMILES string of the molecule is Cc1ccc(C(=O)N[C@H]2CCCCC/C=C\[C@@H]3C[C@@]3(C(=O)NS(=O)(=O)C3(C)CC3)CC(=O)[C@@H]3C[C@@H](Oc4nc5cc(OC(F)(F)F)ccc5c5ccc(F)cc45)CN3C2=O)s1. The number of Topliss-reactive ketones (excluding diaryl/α,β-unsaturated/α-hetero) is 1. The predicted molar refractivity (Wildman–Crippen MR) is 218 cm³/mol. The van der Waals surface area contributed by atoms with E-state index in [1.54, 1.807) is 19.1 Å². The Bertz CT molecular complexity index is 2580. The number of aromatic nitrogens is 1. The van der Waals surface area contributed by atoms with Gasteiger partial charge in [0.25, 0.3) is 5.91 Å². The standard InChI is InChI=1S/C43H44F4N4O8S2/c1-24-10-15-36(60-24)37(53)48-32-9-7-5-3-4-6-8-25-21-42(25,40(55)50-61(56,57)41(2)16-17-41)22-35(52)34-20-28(23-51(34)39(32)54)58-38-31-18-26(44)11-13-29(31)30-14-12-27(19-33(30)49-38)59-43(45,46)47/h6,8,10-15,18-19,25,28,32,34H,3-5,7,9,16-17,20-23H2,1-2H3,(H,48,53)(H,50,55)/b8-6-/t25-,28-,32+,34+,42-/m1/s1. The van der Waals surface area contributed by atoms with Crippen molar-refractivity contribution in [2.75, 3.05) is 6.54 Å². The summed E-state index contributed by atoms with van der Waals surface area (Å²) < 4.78 is 92.5. The van der Waals surface area contributed by atoms with Crippen molar-refractivity contribution in [3.05, 3.63) is 76.3 Å². The van der Waals surface area contributed by atoms with Crippen LogP contribution in [0.2, 0.25) is 0 Å². The first kappa shape index (κ1) is 42.6. The van der Waals surface area contributed by atoms with Crippen molar-refractivity contribution >= 4 is 66.5 Å². The number of ether oxygens (including phenoxy) is 2. The highest BCUT2D eigenvalue weighted by molar-refractivity contribution is 7.91. The summed E-state index contributed by atoms with van der Waals surface area (Å²) in [5, 5.41) is 3.85. The van der Waals surface area contributed by atoms with Crippen LogP contribution in [0.3, 0.4) is 0 Å². The van der Waals surface area contributed by atoms with Crippen molar-refractivity contribution in [3.63, 3.8) is 0 Å². The van der Waals surface area contributed by atoms with Crippen molar-refractivity contribution in [1.29, 1.82) is 0 Å². The van der Waals surface area contributed by atoms with E-state index in [4.69, 9.17) is 4.74 Å². The third kappa shape index (κ3) is 8.83. The zero-order valence-corrected chi connectivity index (χ0v) is 35.0. The molecular weight excluding hydrogens is 841 g/mol. The quantitative estimate of drug-likeness (QED) is 0.104. The lowest BCUT2D eigenvalue weighted by Crippen LogP contribution is -2.52. The average Bonchev–Trinajstić information content (AvgIpc) is 3.99. The van der Waals surface area contributed by atoms with Crippen molar-refractivity contribution in [2.24, 2.45) is 11.3 Å². The van der Waals surface area contributed by atoms with Crippen LogP contribution >= 0.6 is 11.3 Å². The molecule has 61 heavy (non-hydrogen) atoms. The Kier molecular flexibility index (Phi) is 11.2. The number of carbonyl (C=O) groups is 4. The first-order valence-corrected chi connectivity index (χ1v) is 22.5. The van der Waals surface area contributed by atoms with E-state index in [-0.39, 0.29) is 42.6 Å². The van der Waals surface area contributed by atoms with E-state index in [1.807, 2.05) is 19.1 Å². The van der Waals surface area contributed by atoms with Crippen LogP contribution in [-0.2, 0) is 24.4 Å². The molecule has 12 nitrogen and oxygen atoms in total. The molecule has 18 heteroatoms. The Labute approximate surface area is 353 Å². The van der Waals surface area contributed by atoms with Gasteiger partial charge in [0.05, 0.1) is 33.1 Å². The minimum atomic E-state index is -4.98.